The molecule has 3 rings (SSSR count). The standard InChI is InChI=1S/C11H7N3O2S/c15-10-9(17-11(16)14-10)3-6-4-13-8-5-12-2-1-7(6)8/h1-5,13H,(H,14,15,16). The second-order valence-electron chi connectivity index (χ2n) is 3.52. The predicted octanol–water partition coefficient (Wildman–Crippen LogP) is 1.89. The molecule has 1 aliphatic heterocycles. The molecule has 0 atom stereocenters. The SMILES string of the molecule is O=C1NC(=O)C(=Cc2c[nH]c3cnccc23)S1. The second kappa shape index (κ2) is 3.74. The van der Waals surface area contributed by atoms with Crippen molar-refractivity contribution >= 4 is 39.9 Å². The Hall–Kier alpha value is -2.08. The van der Waals surface area contributed by atoms with Crippen LogP contribution < -0.4 is 5.32 Å². The van der Waals surface area contributed by atoms with Gasteiger partial charge in [-0.1, -0.05) is 0 Å². The molecule has 0 spiro atoms. The van der Waals surface area contributed by atoms with E-state index in [1.807, 2.05) is 6.07 Å². The largest absolute Gasteiger partial charge is 0.359 e. The number of rotatable bonds is 1. The molecule has 84 valence electrons. The van der Waals surface area contributed by atoms with Gasteiger partial charge in [0.05, 0.1) is 16.6 Å². The monoisotopic (exact) mass is 245 g/mol. The highest BCUT2D eigenvalue weighted by Crippen LogP contribution is 2.27. The third-order valence-corrected chi connectivity index (χ3v) is 3.25. The number of hydrogen-bond donors (Lipinski definition) is 2. The van der Waals surface area contributed by atoms with Crippen molar-refractivity contribution < 1.29 is 9.59 Å². The van der Waals surface area contributed by atoms with Crippen LogP contribution in [0.4, 0.5) is 4.79 Å². The molecule has 0 saturated carbocycles. The van der Waals surface area contributed by atoms with E-state index >= 15 is 0 Å². The second-order valence-corrected chi connectivity index (χ2v) is 4.53. The van der Waals surface area contributed by atoms with Gasteiger partial charge in [-0.15, -0.1) is 0 Å². The fourth-order valence-electron chi connectivity index (χ4n) is 1.68. The molecule has 6 heteroatoms. The number of pyridine rings is 1. The smallest absolute Gasteiger partial charge is 0.290 e. The van der Waals surface area contributed by atoms with Gasteiger partial charge in [0.2, 0.25) is 0 Å². The van der Waals surface area contributed by atoms with Crippen LogP contribution in [0.3, 0.4) is 0 Å². The van der Waals surface area contributed by atoms with Crippen LogP contribution in [-0.2, 0) is 4.79 Å². The van der Waals surface area contributed by atoms with Crippen molar-refractivity contribution in [1.29, 1.82) is 0 Å². The number of fused-ring (bicyclic) bond motifs is 1. The van der Waals surface area contributed by atoms with Gasteiger partial charge in [-0.3, -0.25) is 19.9 Å². The van der Waals surface area contributed by atoms with E-state index in [1.54, 1.807) is 24.7 Å². The molecule has 0 radical (unpaired) electrons. The Balaban J connectivity index is 2.08. The molecule has 0 aromatic carbocycles. The summed E-state index contributed by atoms with van der Waals surface area (Å²) in [6, 6.07) is 1.86. The molecule has 17 heavy (non-hydrogen) atoms. The Bertz CT molecular complexity index is 660. The minimum Gasteiger partial charge on any atom is -0.359 e. The van der Waals surface area contributed by atoms with Crippen molar-refractivity contribution in [3.63, 3.8) is 0 Å². The minimum absolute atomic E-state index is 0.331. The van der Waals surface area contributed by atoms with E-state index in [-0.39, 0.29) is 11.1 Å². The van der Waals surface area contributed by atoms with E-state index in [9.17, 15) is 9.59 Å². The first kappa shape index (κ1) is 10.1. The number of carbonyl (C=O) groups excluding carboxylic acids is 2. The Morgan fingerprint density at radius 2 is 2.24 bits per heavy atom. The maximum atomic E-state index is 11.4. The molecule has 5 nitrogen and oxygen atoms in total. The van der Waals surface area contributed by atoms with Gasteiger partial charge in [-0.25, -0.2) is 0 Å². The van der Waals surface area contributed by atoms with Crippen LogP contribution in [0.5, 0.6) is 0 Å². The van der Waals surface area contributed by atoms with Crippen LogP contribution in [0.15, 0.2) is 29.6 Å². The number of hydrogen-bond acceptors (Lipinski definition) is 4. The molecule has 0 aliphatic carbocycles. The highest BCUT2D eigenvalue weighted by molar-refractivity contribution is 8.18. The zero-order valence-electron chi connectivity index (χ0n) is 8.56. The fourth-order valence-corrected chi connectivity index (χ4v) is 2.35. The molecule has 2 N–H and O–H groups in total. The lowest BCUT2D eigenvalue weighted by atomic mass is 10.2. The number of thioether (sulfide) groups is 1. The summed E-state index contributed by atoms with van der Waals surface area (Å²) in [5.41, 5.74) is 1.77. The Morgan fingerprint density at radius 3 is 3.00 bits per heavy atom. The summed E-state index contributed by atoms with van der Waals surface area (Å²) in [4.78, 5) is 29.9. The molecule has 2 amide bonds. The summed E-state index contributed by atoms with van der Waals surface area (Å²) in [5, 5.41) is 2.86. The maximum absolute atomic E-state index is 11.4. The molecule has 0 unspecified atom stereocenters. The van der Waals surface area contributed by atoms with Crippen molar-refractivity contribution in [2.45, 2.75) is 0 Å². The zero-order valence-corrected chi connectivity index (χ0v) is 9.38. The number of aromatic amines is 1. The first-order valence-corrected chi connectivity index (χ1v) is 5.71. The van der Waals surface area contributed by atoms with Gasteiger partial charge in [0.15, 0.2) is 0 Å². The quantitative estimate of drug-likeness (QED) is 0.752. The van der Waals surface area contributed by atoms with Crippen LogP contribution in [0.2, 0.25) is 0 Å². The number of carbonyl (C=O) groups is 2. The van der Waals surface area contributed by atoms with Crippen LogP contribution in [0, 0.1) is 0 Å². The van der Waals surface area contributed by atoms with Crippen LogP contribution >= 0.6 is 11.8 Å². The maximum Gasteiger partial charge on any atom is 0.290 e. The van der Waals surface area contributed by atoms with E-state index in [2.05, 4.69) is 15.3 Å². The van der Waals surface area contributed by atoms with E-state index in [1.165, 1.54) is 0 Å². The van der Waals surface area contributed by atoms with Gasteiger partial charge >= 0.3 is 0 Å². The topological polar surface area (TPSA) is 74.8 Å². The van der Waals surface area contributed by atoms with Gasteiger partial charge in [0, 0.05) is 23.3 Å². The molecular weight excluding hydrogens is 238 g/mol. The average Bonchev–Trinajstić information content (AvgIpc) is 2.85. The molecule has 2 aromatic heterocycles. The van der Waals surface area contributed by atoms with Crippen molar-refractivity contribution in [2.75, 3.05) is 0 Å². The number of imide groups is 1. The van der Waals surface area contributed by atoms with Gasteiger partial charge in [0.1, 0.15) is 0 Å². The number of nitrogens with one attached hydrogen (secondary N) is 2. The summed E-state index contributed by atoms with van der Waals surface area (Å²) in [7, 11) is 0. The first-order chi connectivity index (χ1) is 8.24. The van der Waals surface area contributed by atoms with Crippen LogP contribution in [-0.4, -0.2) is 21.1 Å². The molecule has 1 fully saturated rings. The van der Waals surface area contributed by atoms with E-state index in [0.29, 0.717) is 4.91 Å². The van der Waals surface area contributed by atoms with E-state index in [0.717, 1.165) is 28.2 Å². The Labute approximate surface area is 100 Å². The summed E-state index contributed by atoms with van der Waals surface area (Å²) in [5.74, 6) is -0.344. The third-order valence-electron chi connectivity index (χ3n) is 2.44. The summed E-state index contributed by atoms with van der Waals surface area (Å²) in [6.45, 7) is 0. The minimum atomic E-state index is -0.344. The molecule has 1 aliphatic rings. The highest BCUT2D eigenvalue weighted by atomic mass is 32.2. The number of H-pyrrole nitrogens is 1. The number of amides is 2. The molecule has 3 heterocycles. The van der Waals surface area contributed by atoms with E-state index in [4.69, 9.17) is 0 Å². The Morgan fingerprint density at radius 1 is 1.35 bits per heavy atom. The molecular formula is C11H7N3O2S. The number of aromatic nitrogens is 2. The summed E-state index contributed by atoms with van der Waals surface area (Å²) in [6.07, 6.45) is 6.88. The highest BCUT2D eigenvalue weighted by Gasteiger charge is 2.25. The lowest BCUT2D eigenvalue weighted by Crippen LogP contribution is -2.17. The van der Waals surface area contributed by atoms with Gasteiger partial charge in [-0.05, 0) is 23.9 Å². The van der Waals surface area contributed by atoms with Gasteiger partial charge in [0.25, 0.3) is 11.1 Å². The van der Waals surface area contributed by atoms with Crippen molar-refractivity contribution in [2.24, 2.45) is 0 Å². The fraction of sp³-hybridized carbons (Fsp3) is 0. The van der Waals surface area contributed by atoms with Crippen molar-refractivity contribution in [1.82, 2.24) is 15.3 Å². The molecule has 1 saturated heterocycles. The third kappa shape index (κ3) is 1.72. The normalized spacial score (nSPS) is 18.0. The van der Waals surface area contributed by atoms with Crippen molar-refractivity contribution in [3.8, 4) is 0 Å². The molecule has 0 bridgehead atoms. The van der Waals surface area contributed by atoms with Crippen LogP contribution in [0.1, 0.15) is 5.56 Å². The van der Waals surface area contributed by atoms with Gasteiger partial charge < -0.3 is 4.98 Å². The zero-order chi connectivity index (χ0) is 11.8. The van der Waals surface area contributed by atoms with Gasteiger partial charge in [-0.2, -0.15) is 0 Å². The number of nitrogens with zero attached hydrogens (tertiary/aromatic N) is 1. The van der Waals surface area contributed by atoms with E-state index < -0.39 is 0 Å². The predicted molar refractivity (Wildman–Crippen MR) is 65.2 cm³/mol. The van der Waals surface area contributed by atoms with Crippen molar-refractivity contribution in [3.05, 3.63) is 35.1 Å². The lowest BCUT2D eigenvalue weighted by Gasteiger charge is -1.92. The van der Waals surface area contributed by atoms with Crippen LogP contribution in [0.25, 0.3) is 17.0 Å². The lowest BCUT2D eigenvalue weighted by molar-refractivity contribution is -0.115. The first-order valence-electron chi connectivity index (χ1n) is 4.90. The molecule has 2 aromatic rings. The average molecular weight is 245 g/mol. The Kier molecular flexibility index (Phi) is 2.22. The summed E-state index contributed by atoms with van der Waals surface area (Å²) < 4.78 is 0. The summed E-state index contributed by atoms with van der Waals surface area (Å²) >= 11 is 0.912.